The number of nitrogens with two attached hydrogens (primary N) is 1. The van der Waals surface area contributed by atoms with Crippen LogP contribution in [0.4, 0.5) is 4.39 Å². The summed E-state index contributed by atoms with van der Waals surface area (Å²) in [5, 5.41) is 0. The molecule has 0 aromatic heterocycles. The van der Waals surface area contributed by atoms with E-state index >= 15 is 0 Å². The monoisotopic (exact) mass is 197 g/mol. The van der Waals surface area contributed by atoms with Crippen LogP contribution in [-0.4, -0.2) is 25.4 Å². The van der Waals surface area contributed by atoms with Gasteiger partial charge in [0, 0.05) is 0 Å². The third-order valence-corrected chi connectivity index (χ3v) is 2.17. The van der Waals surface area contributed by atoms with Crippen LogP contribution in [0.25, 0.3) is 0 Å². The van der Waals surface area contributed by atoms with Crippen LogP contribution < -0.4 is 10.5 Å². The van der Waals surface area contributed by atoms with Gasteiger partial charge >= 0.3 is 0 Å². The highest BCUT2D eigenvalue weighted by Gasteiger charge is 2.26. The van der Waals surface area contributed by atoms with E-state index in [0.29, 0.717) is 19.0 Å². The van der Waals surface area contributed by atoms with E-state index in [0.717, 1.165) is 0 Å². The third-order valence-electron chi connectivity index (χ3n) is 2.17. The van der Waals surface area contributed by atoms with E-state index in [1.54, 1.807) is 12.1 Å². The lowest BCUT2D eigenvalue weighted by Gasteiger charge is -2.15. The van der Waals surface area contributed by atoms with Gasteiger partial charge < -0.3 is 15.2 Å². The van der Waals surface area contributed by atoms with Gasteiger partial charge in [0.2, 0.25) is 0 Å². The van der Waals surface area contributed by atoms with Gasteiger partial charge in [-0.15, -0.1) is 0 Å². The highest BCUT2D eigenvalue weighted by molar-refractivity contribution is 5.22. The van der Waals surface area contributed by atoms with Crippen LogP contribution in [-0.2, 0) is 4.74 Å². The number of rotatable bonds is 2. The molecule has 0 unspecified atom stereocenters. The molecule has 0 aliphatic carbocycles. The molecule has 14 heavy (non-hydrogen) atoms. The molecule has 3 nitrogen and oxygen atoms in total. The topological polar surface area (TPSA) is 44.5 Å². The summed E-state index contributed by atoms with van der Waals surface area (Å²) in [5.41, 5.74) is 5.73. The van der Waals surface area contributed by atoms with E-state index in [4.69, 9.17) is 15.2 Å². The van der Waals surface area contributed by atoms with Gasteiger partial charge in [0.15, 0.2) is 0 Å². The Labute approximate surface area is 81.6 Å². The van der Waals surface area contributed by atoms with Crippen molar-refractivity contribution in [3.63, 3.8) is 0 Å². The zero-order valence-electron chi connectivity index (χ0n) is 7.65. The van der Waals surface area contributed by atoms with Crippen LogP contribution in [0, 0.1) is 5.82 Å². The third kappa shape index (κ3) is 2.02. The quantitative estimate of drug-likeness (QED) is 0.767. The van der Waals surface area contributed by atoms with E-state index in [-0.39, 0.29) is 18.0 Å². The van der Waals surface area contributed by atoms with Crippen LogP contribution in [0.5, 0.6) is 5.75 Å². The van der Waals surface area contributed by atoms with Crippen molar-refractivity contribution in [3.05, 3.63) is 30.1 Å². The van der Waals surface area contributed by atoms with Gasteiger partial charge in [0.05, 0.1) is 19.3 Å². The summed E-state index contributed by atoms with van der Waals surface area (Å²) in [4.78, 5) is 0. The molecule has 0 saturated carbocycles. The van der Waals surface area contributed by atoms with Gasteiger partial charge in [-0.2, -0.15) is 0 Å². The molecule has 1 aromatic rings. The number of ether oxygens (including phenoxy) is 2. The van der Waals surface area contributed by atoms with E-state index < -0.39 is 0 Å². The second kappa shape index (κ2) is 3.94. The zero-order valence-corrected chi connectivity index (χ0v) is 7.65. The van der Waals surface area contributed by atoms with Crippen molar-refractivity contribution in [3.8, 4) is 5.75 Å². The van der Waals surface area contributed by atoms with Crippen molar-refractivity contribution < 1.29 is 13.9 Å². The van der Waals surface area contributed by atoms with Gasteiger partial charge in [0.25, 0.3) is 0 Å². The van der Waals surface area contributed by atoms with E-state index in [9.17, 15) is 4.39 Å². The Kier molecular flexibility index (Phi) is 2.65. The zero-order chi connectivity index (χ0) is 9.97. The van der Waals surface area contributed by atoms with Gasteiger partial charge in [-0.25, -0.2) is 4.39 Å². The van der Waals surface area contributed by atoms with E-state index in [2.05, 4.69) is 0 Å². The standard InChI is InChI=1S/C10H12FNO2/c11-7-1-3-8(4-2-7)14-10-6-13-5-9(10)12/h1-4,9-10H,5-6,12H2/t9-,10-/m0/s1. The Morgan fingerprint density at radius 1 is 1.29 bits per heavy atom. The minimum Gasteiger partial charge on any atom is -0.486 e. The lowest BCUT2D eigenvalue weighted by atomic mass is 10.2. The van der Waals surface area contributed by atoms with Crippen molar-refractivity contribution in [2.24, 2.45) is 5.73 Å². The smallest absolute Gasteiger partial charge is 0.139 e. The van der Waals surface area contributed by atoms with Gasteiger partial charge in [-0.05, 0) is 24.3 Å². The fraction of sp³-hybridized carbons (Fsp3) is 0.400. The maximum Gasteiger partial charge on any atom is 0.139 e. The van der Waals surface area contributed by atoms with Gasteiger partial charge in [-0.1, -0.05) is 0 Å². The number of hydrogen-bond acceptors (Lipinski definition) is 3. The summed E-state index contributed by atoms with van der Waals surface area (Å²) in [6.45, 7) is 1.02. The van der Waals surface area contributed by atoms with Gasteiger partial charge in [-0.3, -0.25) is 0 Å². The first-order valence-corrected chi connectivity index (χ1v) is 4.51. The minimum atomic E-state index is -0.274. The average molecular weight is 197 g/mol. The highest BCUT2D eigenvalue weighted by Crippen LogP contribution is 2.16. The van der Waals surface area contributed by atoms with Crippen molar-refractivity contribution in [1.82, 2.24) is 0 Å². The molecule has 2 atom stereocenters. The summed E-state index contributed by atoms with van der Waals surface area (Å²) < 4.78 is 23.2. The van der Waals surface area contributed by atoms with Crippen molar-refractivity contribution >= 4 is 0 Å². The Morgan fingerprint density at radius 2 is 2.00 bits per heavy atom. The molecule has 0 radical (unpaired) electrons. The summed E-state index contributed by atoms with van der Waals surface area (Å²) in [7, 11) is 0. The molecule has 1 aliphatic heterocycles. The Balaban J connectivity index is 2.00. The van der Waals surface area contributed by atoms with Crippen molar-refractivity contribution in [2.75, 3.05) is 13.2 Å². The molecule has 1 heterocycles. The first-order valence-electron chi connectivity index (χ1n) is 4.51. The van der Waals surface area contributed by atoms with Crippen LogP contribution in [0.3, 0.4) is 0 Å². The fourth-order valence-electron chi connectivity index (χ4n) is 1.36. The molecule has 1 aliphatic rings. The molecule has 0 spiro atoms. The predicted octanol–water partition coefficient (Wildman–Crippen LogP) is 0.931. The molecule has 2 N–H and O–H groups in total. The molecular formula is C10H12FNO2. The van der Waals surface area contributed by atoms with Gasteiger partial charge in [0.1, 0.15) is 17.7 Å². The lowest BCUT2D eigenvalue weighted by molar-refractivity contribution is 0.140. The summed E-state index contributed by atoms with van der Waals surface area (Å²) >= 11 is 0. The van der Waals surface area contributed by atoms with Crippen LogP contribution >= 0.6 is 0 Å². The maximum atomic E-state index is 12.6. The molecule has 0 bridgehead atoms. The number of hydrogen-bond donors (Lipinski definition) is 1. The Hall–Kier alpha value is -1.13. The van der Waals surface area contributed by atoms with E-state index in [1.807, 2.05) is 0 Å². The molecule has 4 heteroatoms. The summed E-state index contributed by atoms with van der Waals surface area (Å²) in [5.74, 6) is 0.349. The van der Waals surface area contributed by atoms with Crippen molar-refractivity contribution in [1.29, 1.82) is 0 Å². The predicted molar refractivity (Wildman–Crippen MR) is 49.6 cm³/mol. The largest absolute Gasteiger partial charge is 0.486 e. The number of halogens is 1. The molecule has 76 valence electrons. The molecule has 0 amide bonds. The van der Waals surface area contributed by atoms with E-state index in [1.165, 1.54) is 12.1 Å². The Bertz CT molecular complexity index is 301. The fourth-order valence-corrected chi connectivity index (χ4v) is 1.36. The Morgan fingerprint density at radius 3 is 2.57 bits per heavy atom. The van der Waals surface area contributed by atoms with Crippen LogP contribution in [0.1, 0.15) is 0 Å². The molecular weight excluding hydrogens is 185 g/mol. The molecule has 1 saturated heterocycles. The lowest BCUT2D eigenvalue weighted by Crippen LogP contribution is -2.37. The normalized spacial score (nSPS) is 26.4. The second-order valence-electron chi connectivity index (χ2n) is 3.31. The minimum absolute atomic E-state index is 0.0972. The maximum absolute atomic E-state index is 12.6. The van der Waals surface area contributed by atoms with Crippen LogP contribution in [0.15, 0.2) is 24.3 Å². The highest BCUT2D eigenvalue weighted by atomic mass is 19.1. The first kappa shape index (κ1) is 9.43. The molecule has 1 aromatic carbocycles. The second-order valence-corrected chi connectivity index (χ2v) is 3.31. The summed E-state index contributed by atoms with van der Waals surface area (Å²) in [6, 6.07) is 5.79. The summed E-state index contributed by atoms with van der Waals surface area (Å²) in [6.07, 6.45) is -0.125. The SMILES string of the molecule is N[C@H]1COC[C@@H]1Oc1ccc(F)cc1. The van der Waals surface area contributed by atoms with Crippen LogP contribution in [0.2, 0.25) is 0 Å². The molecule has 1 fully saturated rings. The van der Waals surface area contributed by atoms with Crippen molar-refractivity contribution in [2.45, 2.75) is 12.1 Å². The molecule has 2 rings (SSSR count). The number of benzene rings is 1. The average Bonchev–Trinajstić information content (AvgIpc) is 2.56. The first-order chi connectivity index (χ1) is 6.75.